The summed E-state index contributed by atoms with van der Waals surface area (Å²) in [5.74, 6) is -0.254. The lowest BCUT2D eigenvalue weighted by Crippen LogP contribution is -2.19. The molecule has 0 amide bonds. The molecule has 0 rings (SSSR count). The molecule has 0 aromatic rings. The van der Waals surface area contributed by atoms with Gasteiger partial charge in [0.2, 0.25) is 0 Å². The molecule has 0 bridgehead atoms. The van der Waals surface area contributed by atoms with Gasteiger partial charge in [-0.3, -0.25) is 9.59 Å². The fourth-order valence-electron chi connectivity index (χ4n) is 2.21. The SMILES string of the molecule is CCCCCC(CCCC(=O)OCCCC)OC(=O)CCC. The Kier molecular flexibility index (Phi) is 14.1. The molecule has 130 valence electrons. The van der Waals surface area contributed by atoms with E-state index in [1.54, 1.807) is 0 Å². The highest BCUT2D eigenvalue weighted by Crippen LogP contribution is 2.15. The van der Waals surface area contributed by atoms with Gasteiger partial charge in [0, 0.05) is 12.8 Å². The van der Waals surface area contributed by atoms with Crippen LogP contribution in [0.1, 0.15) is 91.4 Å². The van der Waals surface area contributed by atoms with E-state index < -0.39 is 0 Å². The van der Waals surface area contributed by atoms with E-state index in [1.165, 1.54) is 0 Å². The van der Waals surface area contributed by atoms with E-state index in [0.29, 0.717) is 19.4 Å². The molecule has 0 aliphatic rings. The number of ether oxygens (including phenoxy) is 2. The zero-order valence-electron chi connectivity index (χ0n) is 14.7. The van der Waals surface area contributed by atoms with Gasteiger partial charge in [-0.05, 0) is 38.5 Å². The summed E-state index contributed by atoms with van der Waals surface area (Å²) in [5, 5.41) is 0. The normalized spacial score (nSPS) is 12.0. The molecule has 0 spiro atoms. The van der Waals surface area contributed by atoms with E-state index in [2.05, 4.69) is 13.8 Å². The number of hydrogen-bond donors (Lipinski definition) is 0. The van der Waals surface area contributed by atoms with Crippen LogP contribution in [0.4, 0.5) is 0 Å². The Labute approximate surface area is 135 Å². The Hall–Kier alpha value is -1.06. The molecule has 1 unspecified atom stereocenters. The maximum atomic E-state index is 11.6. The minimum Gasteiger partial charge on any atom is -0.466 e. The van der Waals surface area contributed by atoms with E-state index in [-0.39, 0.29) is 18.0 Å². The molecule has 0 saturated heterocycles. The quantitative estimate of drug-likeness (QED) is 0.341. The average molecular weight is 314 g/mol. The van der Waals surface area contributed by atoms with Gasteiger partial charge in [-0.2, -0.15) is 0 Å². The molecule has 0 aliphatic carbocycles. The Bertz CT molecular complexity index is 289. The molecular formula is C18H34O4. The van der Waals surface area contributed by atoms with Crippen molar-refractivity contribution in [2.24, 2.45) is 0 Å². The van der Waals surface area contributed by atoms with Gasteiger partial charge >= 0.3 is 11.9 Å². The number of unbranched alkanes of at least 4 members (excludes halogenated alkanes) is 3. The highest BCUT2D eigenvalue weighted by molar-refractivity contribution is 5.70. The van der Waals surface area contributed by atoms with Gasteiger partial charge in [0.05, 0.1) is 6.61 Å². The van der Waals surface area contributed by atoms with Gasteiger partial charge in [-0.1, -0.05) is 40.0 Å². The smallest absolute Gasteiger partial charge is 0.306 e. The molecule has 0 saturated carbocycles. The lowest BCUT2D eigenvalue weighted by atomic mass is 10.0. The number of carbonyl (C=O) groups excluding carboxylic acids is 2. The van der Waals surface area contributed by atoms with E-state index in [1.807, 2.05) is 6.92 Å². The standard InChI is InChI=1S/C18H34O4/c1-4-7-9-12-16(22-18(20)11-6-3)13-10-14-17(19)21-15-8-5-2/h16H,4-15H2,1-3H3. The van der Waals surface area contributed by atoms with Crippen molar-refractivity contribution in [3.05, 3.63) is 0 Å². The second-order valence-corrected chi connectivity index (χ2v) is 5.82. The van der Waals surface area contributed by atoms with Crippen molar-refractivity contribution in [2.45, 2.75) is 97.5 Å². The van der Waals surface area contributed by atoms with Gasteiger partial charge in [-0.15, -0.1) is 0 Å². The summed E-state index contributed by atoms with van der Waals surface area (Å²) >= 11 is 0. The zero-order valence-corrected chi connectivity index (χ0v) is 14.7. The molecule has 4 nitrogen and oxygen atoms in total. The van der Waals surface area contributed by atoms with Crippen molar-refractivity contribution in [1.82, 2.24) is 0 Å². The summed E-state index contributed by atoms with van der Waals surface area (Å²) in [6.07, 6.45) is 9.35. The van der Waals surface area contributed by atoms with Crippen LogP contribution in [0.25, 0.3) is 0 Å². The molecule has 4 heteroatoms. The Morgan fingerprint density at radius 3 is 2.09 bits per heavy atom. The number of rotatable bonds is 14. The van der Waals surface area contributed by atoms with Gasteiger partial charge in [0.25, 0.3) is 0 Å². The number of hydrogen-bond acceptors (Lipinski definition) is 4. The molecular weight excluding hydrogens is 280 g/mol. The van der Waals surface area contributed by atoms with E-state index in [0.717, 1.165) is 57.8 Å². The summed E-state index contributed by atoms with van der Waals surface area (Å²) in [6, 6.07) is 0. The molecule has 0 radical (unpaired) electrons. The van der Waals surface area contributed by atoms with Crippen LogP contribution in [0.5, 0.6) is 0 Å². The van der Waals surface area contributed by atoms with Crippen LogP contribution in [0.3, 0.4) is 0 Å². The molecule has 0 aromatic heterocycles. The third-order valence-corrected chi connectivity index (χ3v) is 3.55. The fourth-order valence-corrected chi connectivity index (χ4v) is 2.21. The lowest BCUT2D eigenvalue weighted by molar-refractivity contribution is -0.150. The molecule has 0 aromatic carbocycles. The first-order valence-electron chi connectivity index (χ1n) is 8.99. The largest absolute Gasteiger partial charge is 0.466 e. The zero-order chi connectivity index (χ0) is 16.6. The monoisotopic (exact) mass is 314 g/mol. The average Bonchev–Trinajstić information content (AvgIpc) is 2.47. The number of carbonyl (C=O) groups is 2. The van der Waals surface area contributed by atoms with Crippen molar-refractivity contribution in [3.63, 3.8) is 0 Å². The minimum atomic E-state index is -0.138. The van der Waals surface area contributed by atoms with Crippen molar-refractivity contribution in [2.75, 3.05) is 6.61 Å². The third-order valence-electron chi connectivity index (χ3n) is 3.55. The minimum absolute atomic E-state index is 0.0472. The lowest BCUT2D eigenvalue weighted by Gasteiger charge is -2.17. The van der Waals surface area contributed by atoms with Crippen LogP contribution in [-0.4, -0.2) is 24.6 Å². The van der Waals surface area contributed by atoms with E-state index >= 15 is 0 Å². The first-order valence-corrected chi connectivity index (χ1v) is 8.99. The van der Waals surface area contributed by atoms with Crippen molar-refractivity contribution < 1.29 is 19.1 Å². The molecule has 22 heavy (non-hydrogen) atoms. The van der Waals surface area contributed by atoms with Gasteiger partial charge in [0.1, 0.15) is 6.10 Å². The molecule has 1 atom stereocenters. The van der Waals surface area contributed by atoms with Crippen LogP contribution in [0.15, 0.2) is 0 Å². The highest BCUT2D eigenvalue weighted by Gasteiger charge is 2.14. The Balaban J connectivity index is 3.99. The van der Waals surface area contributed by atoms with Gasteiger partial charge < -0.3 is 9.47 Å². The van der Waals surface area contributed by atoms with Crippen LogP contribution in [0, 0.1) is 0 Å². The fraction of sp³-hybridized carbons (Fsp3) is 0.889. The summed E-state index contributed by atoms with van der Waals surface area (Å²) in [7, 11) is 0. The van der Waals surface area contributed by atoms with Gasteiger partial charge in [0.15, 0.2) is 0 Å². The van der Waals surface area contributed by atoms with Crippen molar-refractivity contribution >= 4 is 11.9 Å². The second-order valence-electron chi connectivity index (χ2n) is 5.82. The first kappa shape index (κ1) is 20.9. The topological polar surface area (TPSA) is 52.6 Å². The highest BCUT2D eigenvalue weighted by atomic mass is 16.5. The predicted octanol–water partition coefficient (Wildman–Crippen LogP) is 4.79. The molecule has 0 N–H and O–H groups in total. The summed E-state index contributed by atoms with van der Waals surface area (Å²) in [4.78, 5) is 23.2. The summed E-state index contributed by atoms with van der Waals surface area (Å²) in [5.41, 5.74) is 0. The molecule has 0 aliphatic heterocycles. The maximum Gasteiger partial charge on any atom is 0.306 e. The van der Waals surface area contributed by atoms with E-state index in [9.17, 15) is 9.59 Å². The van der Waals surface area contributed by atoms with Gasteiger partial charge in [-0.25, -0.2) is 0 Å². The van der Waals surface area contributed by atoms with E-state index in [4.69, 9.17) is 9.47 Å². The number of esters is 2. The van der Waals surface area contributed by atoms with Crippen molar-refractivity contribution in [1.29, 1.82) is 0 Å². The summed E-state index contributed by atoms with van der Waals surface area (Å²) in [6.45, 7) is 6.71. The molecule has 0 fully saturated rings. The van der Waals surface area contributed by atoms with Crippen LogP contribution in [0.2, 0.25) is 0 Å². The van der Waals surface area contributed by atoms with Crippen LogP contribution in [-0.2, 0) is 19.1 Å². The Morgan fingerprint density at radius 1 is 0.773 bits per heavy atom. The third kappa shape index (κ3) is 12.7. The van der Waals surface area contributed by atoms with Crippen LogP contribution < -0.4 is 0 Å². The second kappa shape index (κ2) is 14.9. The van der Waals surface area contributed by atoms with Crippen molar-refractivity contribution in [3.8, 4) is 0 Å². The molecule has 0 heterocycles. The predicted molar refractivity (Wildman–Crippen MR) is 88.6 cm³/mol. The Morgan fingerprint density at radius 2 is 1.45 bits per heavy atom. The van der Waals surface area contributed by atoms with Crippen LogP contribution >= 0.6 is 0 Å². The first-order chi connectivity index (χ1) is 10.6. The summed E-state index contributed by atoms with van der Waals surface area (Å²) < 4.78 is 10.7. The maximum absolute atomic E-state index is 11.6.